The number of ether oxygens (including phenoxy) is 3. The van der Waals surface area contributed by atoms with E-state index in [9.17, 15) is 19.5 Å². The van der Waals surface area contributed by atoms with Gasteiger partial charge >= 0.3 is 5.97 Å². The first kappa shape index (κ1) is 21.8. The predicted octanol–water partition coefficient (Wildman–Crippen LogP) is 1.34. The molecule has 10 heteroatoms. The van der Waals surface area contributed by atoms with Crippen LogP contribution in [0, 0.1) is 0 Å². The molecule has 0 spiro atoms. The molecule has 2 fully saturated rings. The smallest absolute Gasteiger partial charge is 0.327 e. The average molecular weight is 451 g/mol. The van der Waals surface area contributed by atoms with Crippen LogP contribution in [-0.2, 0) is 25.5 Å². The van der Waals surface area contributed by atoms with Gasteiger partial charge in [-0.15, -0.1) is 11.8 Å². The minimum Gasteiger partial charge on any atom is -0.493 e. The van der Waals surface area contributed by atoms with E-state index < -0.39 is 28.9 Å². The molecule has 168 valence electrons. The average Bonchev–Trinajstić information content (AvgIpc) is 2.99. The topological polar surface area (TPSA) is 114 Å². The van der Waals surface area contributed by atoms with Gasteiger partial charge in [0.2, 0.25) is 11.8 Å². The summed E-state index contributed by atoms with van der Waals surface area (Å²) in [4.78, 5) is 38.4. The summed E-state index contributed by atoms with van der Waals surface area (Å²) in [5, 5.41) is 11.9. The molecule has 9 nitrogen and oxygen atoms in total. The molecular weight excluding hydrogens is 424 g/mol. The van der Waals surface area contributed by atoms with Crippen LogP contribution in [0.4, 0.5) is 0 Å². The van der Waals surface area contributed by atoms with Crippen LogP contribution in [0.25, 0.3) is 0 Å². The van der Waals surface area contributed by atoms with Crippen LogP contribution >= 0.6 is 11.8 Å². The number of thioether (sulfide) groups is 1. The highest BCUT2D eigenvalue weighted by atomic mass is 32.2. The molecule has 3 aliphatic heterocycles. The van der Waals surface area contributed by atoms with Gasteiger partial charge in [0.1, 0.15) is 17.5 Å². The Hall–Kier alpha value is -2.46. The van der Waals surface area contributed by atoms with Crippen molar-refractivity contribution >= 4 is 29.5 Å². The summed E-state index contributed by atoms with van der Waals surface area (Å²) in [6.07, 6.45) is 0.290. The molecule has 2 saturated heterocycles. The van der Waals surface area contributed by atoms with Gasteiger partial charge in [0, 0.05) is 4.75 Å². The molecule has 0 saturated carbocycles. The highest BCUT2D eigenvalue weighted by Crippen LogP contribution is 2.50. The molecular formula is C21H26N2O7S. The second-order valence-electron chi connectivity index (χ2n) is 8.36. The highest BCUT2D eigenvalue weighted by molar-refractivity contribution is 8.01. The fourth-order valence-electron chi connectivity index (χ4n) is 4.57. The van der Waals surface area contributed by atoms with Crippen LogP contribution < -0.4 is 14.8 Å². The Morgan fingerprint density at radius 2 is 1.97 bits per heavy atom. The molecule has 31 heavy (non-hydrogen) atoms. The summed E-state index contributed by atoms with van der Waals surface area (Å²) >= 11 is 1.40. The van der Waals surface area contributed by atoms with E-state index in [-0.39, 0.29) is 23.6 Å². The van der Waals surface area contributed by atoms with E-state index in [1.807, 2.05) is 12.1 Å². The second-order valence-corrected chi connectivity index (χ2v) is 10.1. The maximum absolute atomic E-state index is 12.8. The maximum atomic E-state index is 12.8. The van der Waals surface area contributed by atoms with Crippen LogP contribution in [0.5, 0.6) is 11.5 Å². The number of β-lactam (4-membered cyclic amide) rings is 1. The molecule has 0 aliphatic carbocycles. The van der Waals surface area contributed by atoms with Crippen LogP contribution in [0.2, 0.25) is 0 Å². The summed E-state index contributed by atoms with van der Waals surface area (Å²) < 4.78 is 15.9. The van der Waals surface area contributed by atoms with Gasteiger partial charge in [-0.05, 0) is 43.5 Å². The number of aliphatic carboxylic acids is 1. The van der Waals surface area contributed by atoms with Crippen LogP contribution in [0.1, 0.15) is 37.5 Å². The number of hydrogen-bond acceptors (Lipinski definition) is 7. The maximum Gasteiger partial charge on any atom is 0.327 e. The predicted molar refractivity (Wildman–Crippen MR) is 112 cm³/mol. The van der Waals surface area contributed by atoms with Gasteiger partial charge < -0.3 is 29.5 Å². The third kappa shape index (κ3) is 3.61. The number of nitrogens with one attached hydrogen (secondary N) is 1. The monoisotopic (exact) mass is 450 g/mol. The lowest BCUT2D eigenvalue weighted by molar-refractivity contribution is -0.161. The van der Waals surface area contributed by atoms with Crippen LogP contribution in [-0.4, -0.2) is 70.8 Å². The first-order valence-corrected chi connectivity index (χ1v) is 10.9. The van der Waals surface area contributed by atoms with Gasteiger partial charge in [0.05, 0.1) is 33.4 Å². The van der Waals surface area contributed by atoms with Gasteiger partial charge in [-0.2, -0.15) is 0 Å². The number of hydrogen-bond donors (Lipinski definition) is 2. The number of carboxylic acid groups (broad SMARTS) is 1. The van der Waals surface area contributed by atoms with E-state index in [0.717, 1.165) is 11.1 Å². The number of amides is 2. The van der Waals surface area contributed by atoms with E-state index in [4.69, 9.17) is 14.2 Å². The van der Waals surface area contributed by atoms with Crippen molar-refractivity contribution in [2.24, 2.45) is 0 Å². The van der Waals surface area contributed by atoms with Crippen molar-refractivity contribution in [3.8, 4) is 11.5 Å². The van der Waals surface area contributed by atoms with Crippen molar-refractivity contribution in [3.63, 3.8) is 0 Å². The van der Waals surface area contributed by atoms with Crippen LogP contribution in [0.15, 0.2) is 12.1 Å². The van der Waals surface area contributed by atoms with E-state index in [1.165, 1.54) is 16.7 Å². The summed E-state index contributed by atoms with van der Waals surface area (Å²) in [7, 11) is 3.12. The number of benzene rings is 1. The lowest BCUT2D eigenvalue weighted by atomic mass is 9.94. The Bertz CT molecular complexity index is 935. The number of carbonyl (C=O) groups is 3. The summed E-state index contributed by atoms with van der Waals surface area (Å²) in [6.45, 7) is 4.08. The number of carbonyl (C=O) groups excluding carboxylic acids is 2. The zero-order chi connectivity index (χ0) is 22.5. The summed E-state index contributed by atoms with van der Waals surface area (Å²) in [6, 6.07) is 2.10. The van der Waals surface area contributed by atoms with Crippen molar-refractivity contribution in [1.29, 1.82) is 0 Å². The molecule has 4 rings (SSSR count). The number of fused-ring (bicyclic) bond motifs is 2. The van der Waals surface area contributed by atoms with Gasteiger partial charge in [-0.1, -0.05) is 0 Å². The standard InChI is InChI=1S/C21H26N2O7S/c1-21(2)17(20(26)27)23-18(25)16(19(23)31-21)22-15(24)9-12-11-8-14(29-4)13(28-3)7-10(11)5-6-30-12/h7-8,12,16-17,19H,5-6,9H2,1-4H3,(H,22,24)(H,26,27)/t12?,16-,17+,19-/m1/s1. The van der Waals surface area contributed by atoms with E-state index in [0.29, 0.717) is 24.5 Å². The molecule has 3 heterocycles. The quantitative estimate of drug-likeness (QED) is 0.624. The Morgan fingerprint density at radius 3 is 2.61 bits per heavy atom. The second kappa shape index (κ2) is 7.90. The highest BCUT2D eigenvalue weighted by Gasteiger charge is 2.64. The van der Waals surface area contributed by atoms with E-state index in [1.54, 1.807) is 28.1 Å². The van der Waals surface area contributed by atoms with Gasteiger partial charge in [0.15, 0.2) is 11.5 Å². The normalized spacial score (nSPS) is 28.3. The Balaban J connectivity index is 1.45. The largest absolute Gasteiger partial charge is 0.493 e. The SMILES string of the molecule is COc1cc2c(cc1OC)C(CC(=O)N[C@@H]1C(=O)N3[C@@H]1SC(C)(C)[C@@H]3C(=O)O)OCC2. The number of carboxylic acids is 1. The van der Waals surface area contributed by atoms with Crippen molar-refractivity contribution in [1.82, 2.24) is 10.2 Å². The fourth-order valence-corrected chi connectivity index (χ4v) is 6.19. The lowest BCUT2D eigenvalue weighted by Gasteiger charge is -2.43. The van der Waals surface area contributed by atoms with Crippen molar-refractivity contribution < 1.29 is 33.7 Å². The molecule has 1 aromatic rings. The molecule has 1 unspecified atom stereocenters. The summed E-state index contributed by atoms with van der Waals surface area (Å²) in [5.41, 5.74) is 1.90. The van der Waals surface area contributed by atoms with Crippen LogP contribution in [0.3, 0.4) is 0 Å². The molecule has 4 atom stereocenters. The fraction of sp³-hybridized carbons (Fsp3) is 0.571. The van der Waals surface area contributed by atoms with E-state index in [2.05, 4.69) is 5.32 Å². The van der Waals surface area contributed by atoms with Crippen molar-refractivity contribution in [3.05, 3.63) is 23.3 Å². The third-order valence-corrected chi connectivity index (χ3v) is 7.62. The molecule has 2 amide bonds. The number of rotatable bonds is 6. The minimum absolute atomic E-state index is 0.0510. The Labute approximate surface area is 184 Å². The molecule has 3 aliphatic rings. The Morgan fingerprint density at radius 1 is 1.29 bits per heavy atom. The molecule has 0 aromatic heterocycles. The van der Waals surface area contributed by atoms with Crippen molar-refractivity contribution in [2.75, 3.05) is 20.8 Å². The molecule has 0 radical (unpaired) electrons. The first-order valence-electron chi connectivity index (χ1n) is 10.1. The molecule has 2 N–H and O–H groups in total. The third-order valence-electron chi connectivity index (χ3n) is 6.04. The molecule has 1 aromatic carbocycles. The van der Waals surface area contributed by atoms with E-state index >= 15 is 0 Å². The van der Waals surface area contributed by atoms with Gasteiger partial charge in [-0.3, -0.25) is 9.59 Å². The van der Waals surface area contributed by atoms with Crippen molar-refractivity contribution in [2.45, 2.75) is 55.0 Å². The zero-order valence-electron chi connectivity index (χ0n) is 17.8. The van der Waals surface area contributed by atoms with Gasteiger partial charge in [-0.25, -0.2) is 4.79 Å². The van der Waals surface area contributed by atoms with Gasteiger partial charge in [0.25, 0.3) is 0 Å². The lowest BCUT2D eigenvalue weighted by Crippen LogP contribution is -2.70. The summed E-state index contributed by atoms with van der Waals surface area (Å²) in [5.74, 6) is -0.524. The zero-order valence-corrected chi connectivity index (χ0v) is 18.7. The number of methoxy groups -OCH3 is 2. The Kier molecular flexibility index (Phi) is 5.55. The molecule has 0 bridgehead atoms. The first-order chi connectivity index (χ1) is 14.7. The minimum atomic E-state index is -1.03. The number of nitrogens with zero attached hydrogens (tertiary/aromatic N) is 1.